The van der Waals surface area contributed by atoms with Gasteiger partial charge in [0.15, 0.2) is 0 Å². The zero-order chi connectivity index (χ0) is 23.7. The fraction of sp³-hybridized carbons (Fsp3) is 0.903. The molecule has 0 fully saturated rings. The first kappa shape index (κ1) is 31.4. The average molecular weight is 449 g/mol. The Labute approximate surface area is 203 Å². The summed E-state index contributed by atoms with van der Waals surface area (Å²) >= 11 is 0. The first-order valence-electron chi connectivity index (χ1n) is 14.7. The normalized spacial score (nSPS) is 12.9. The zero-order valence-corrected chi connectivity index (χ0v) is 22.8. The van der Waals surface area contributed by atoms with Crippen molar-refractivity contribution < 1.29 is 4.79 Å². The Morgan fingerprint density at radius 1 is 0.594 bits per heavy atom. The molecule has 0 heterocycles. The lowest BCUT2D eigenvalue weighted by Crippen LogP contribution is -2.05. The van der Waals surface area contributed by atoms with Crippen LogP contribution in [0.4, 0.5) is 0 Å². The van der Waals surface area contributed by atoms with Crippen LogP contribution >= 0.6 is 0 Å². The van der Waals surface area contributed by atoms with E-state index in [1.807, 2.05) is 0 Å². The second-order valence-electron chi connectivity index (χ2n) is 10.6. The quantitative estimate of drug-likeness (QED) is 0.100. The summed E-state index contributed by atoms with van der Waals surface area (Å²) in [5, 5.41) is 0. The standard InChI is InChI=1S/C31H60O/c1-5-6-7-8-9-10-11-12-13-14-15-16-17-18-20-23-26-29(2)27-24-21-19-22-25-28-30(3)31(4)32/h26,30H,5-25,27-28H2,1-4H3. The lowest BCUT2D eigenvalue weighted by molar-refractivity contribution is -0.120. The molecule has 0 aliphatic heterocycles. The Morgan fingerprint density at radius 3 is 1.47 bits per heavy atom. The maximum absolute atomic E-state index is 11.2. The molecule has 0 N–H and O–H groups in total. The Hall–Kier alpha value is -0.590. The van der Waals surface area contributed by atoms with E-state index >= 15 is 0 Å². The molecule has 0 aromatic rings. The van der Waals surface area contributed by atoms with Crippen LogP contribution in [0.1, 0.15) is 175 Å². The minimum absolute atomic E-state index is 0.264. The van der Waals surface area contributed by atoms with Crippen molar-refractivity contribution in [2.45, 2.75) is 175 Å². The van der Waals surface area contributed by atoms with Crippen molar-refractivity contribution in [3.63, 3.8) is 0 Å². The van der Waals surface area contributed by atoms with Gasteiger partial charge in [0.05, 0.1) is 0 Å². The van der Waals surface area contributed by atoms with Crippen LogP contribution in [0.5, 0.6) is 0 Å². The van der Waals surface area contributed by atoms with Crippen LogP contribution in [-0.2, 0) is 4.79 Å². The van der Waals surface area contributed by atoms with Gasteiger partial charge in [0.2, 0.25) is 0 Å². The molecule has 1 nitrogen and oxygen atoms in total. The van der Waals surface area contributed by atoms with Crippen LogP contribution in [0.25, 0.3) is 0 Å². The summed E-state index contributed by atoms with van der Waals surface area (Å²) in [6.07, 6.45) is 34.3. The largest absolute Gasteiger partial charge is 0.300 e. The molecule has 0 aromatic heterocycles. The van der Waals surface area contributed by atoms with E-state index in [0.29, 0.717) is 5.78 Å². The third-order valence-corrected chi connectivity index (χ3v) is 7.20. The third-order valence-electron chi connectivity index (χ3n) is 7.20. The van der Waals surface area contributed by atoms with Crippen molar-refractivity contribution in [1.29, 1.82) is 0 Å². The van der Waals surface area contributed by atoms with Crippen molar-refractivity contribution in [2.75, 3.05) is 0 Å². The van der Waals surface area contributed by atoms with Gasteiger partial charge in [-0.1, -0.05) is 141 Å². The molecule has 1 heteroatoms. The predicted molar refractivity (Wildman–Crippen MR) is 145 cm³/mol. The van der Waals surface area contributed by atoms with E-state index in [2.05, 4.69) is 26.8 Å². The van der Waals surface area contributed by atoms with E-state index < -0.39 is 0 Å². The van der Waals surface area contributed by atoms with Crippen LogP contribution < -0.4 is 0 Å². The molecule has 0 aliphatic carbocycles. The molecule has 0 saturated carbocycles. The first-order chi connectivity index (χ1) is 15.6. The highest BCUT2D eigenvalue weighted by Crippen LogP contribution is 2.16. The summed E-state index contributed by atoms with van der Waals surface area (Å²) in [6, 6.07) is 0. The summed E-state index contributed by atoms with van der Waals surface area (Å²) in [6.45, 7) is 8.40. The molecule has 1 atom stereocenters. The minimum atomic E-state index is 0.264. The van der Waals surface area contributed by atoms with Gasteiger partial charge >= 0.3 is 0 Å². The number of ketones is 1. The van der Waals surface area contributed by atoms with E-state index in [1.165, 1.54) is 141 Å². The van der Waals surface area contributed by atoms with E-state index in [9.17, 15) is 4.79 Å². The number of allylic oxidation sites excluding steroid dienone is 2. The lowest BCUT2D eigenvalue weighted by Gasteiger charge is -2.07. The van der Waals surface area contributed by atoms with Gasteiger partial charge in [0, 0.05) is 5.92 Å². The minimum Gasteiger partial charge on any atom is -0.300 e. The number of Topliss-reactive ketones (excluding diaryl/α,β-unsaturated/α-hetero) is 1. The molecular formula is C31H60O. The van der Waals surface area contributed by atoms with Crippen molar-refractivity contribution in [3.8, 4) is 0 Å². The van der Waals surface area contributed by atoms with Crippen LogP contribution in [0, 0.1) is 5.92 Å². The van der Waals surface area contributed by atoms with Gasteiger partial charge in [-0.25, -0.2) is 0 Å². The smallest absolute Gasteiger partial charge is 0.132 e. The molecule has 32 heavy (non-hydrogen) atoms. The highest BCUT2D eigenvalue weighted by molar-refractivity contribution is 5.77. The molecule has 0 aromatic carbocycles. The maximum atomic E-state index is 11.2. The van der Waals surface area contributed by atoms with E-state index in [4.69, 9.17) is 0 Å². The number of carbonyl (C=O) groups excluding carboxylic acids is 1. The SMILES string of the molecule is CCCCCCCCCCCCCCCCCC=C(C)CCCCCCCC(C)C(C)=O. The number of unbranched alkanes of at least 4 members (excludes halogenated alkanes) is 19. The second-order valence-corrected chi connectivity index (χ2v) is 10.6. The van der Waals surface area contributed by atoms with E-state index in [0.717, 1.165) is 6.42 Å². The zero-order valence-electron chi connectivity index (χ0n) is 22.8. The molecule has 1 unspecified atom stereocenters. The summed E-state index contributed by atoms with van der Waals surface area (Å²) in [5.74, 6) is 0.611. The molecule has 0 amide bonds. The van der Waals surface area contributed by atoms with Gasteiger partial charge in [-0.15, -0.1) is 0 Å². The third kappa shape index (κ3) is 24.1. The van der Waals surface area contributed by atoms with Gasteiger partial charge in [-0.3, -0.25) is 4.79 Å². The van der Waals surface area contributed by atoms with Gasteiger partial charge < -0.3 is 0 Å². The number of hydrogen-bond donors (Lipinski definition) is 0. The second kappa shape index (κ2) is 25.0. The van der Waals surface area contributed by atoms with Crippen LogP contribution in [0.3, 0.4) is 0 Å². The Kier molecular flexibility index (Phi) is 24.6. The average Bonchev–Trinajstić information content (AvgIpc) is 2.77. The van der Waals surface area contributed by atoms with E-state index in [1.54, 1.807) is 12.5 Å². The van der Waals surface area contributed by atoms with Gasteiger partial charge in [0.1, 0.15) is 5.78 Å². The van der Waals surface area contributed by atoms with Gasteiger partial charge in [-0.05, 0) is 46.0 Å². The molecule has 0 aliphatic rings. The molecule has 190 valence electrons. The summed E-state index contributed by atoms with van der Waals surface area (Å²) in [5.41, 5.74) is 1.60. The molecule has 0 rings (SSSR count). The van der Waals surface area contributed by atoms with E-state index in [-0.39, 0.29) is 5.92 Å². The molecule has 0 radical (unpaired) electrons. The topological polar surface area (TPSA) is 17.1 Å². The highest BCUT2D eigenvalue weighted by Gasteiger charge is 2.06. The van der Waals surface area contributed by atoms with Gasteiger partial charge in [0.25, 0.3) is 0 Å². The lowest BCUT2D eigenvalue weighted by atomic mass is 9.98. The van der Waals surface area contributed by atoms with Crippen LogP contribution in [0.15, 0.2) is 11.6 Å². The Morgan fingerprint density at radius 2 is 1.00 bits per heavy atom. The van der Waals surface area contributed by atoms with Crippen LogP contribution in [-0.4, -0.2) is 5.78 Å². The monoisotopic (exact) mass is 448 g/mol. The van der Waals surface area contributed by atoms with Gasteiger partial charge in [-0.2, -0.15) is 0 Å². The Balaban J connectivity index is 3.27. The number of rotatable bonds is 25. The number of carbonyl (C=O) groups is 1. The highest BCUT2D eigenvalue weighted by atomic mass is 16.1. The first-order valence-corrected chi connectivity index (χ1v) is 14.7. The predicted octanol–water partition coefficient (Wildman–Crippen LogP) is 11.1. The summed E-state index contributed by atoms with van der Waals surface area (Å²) in [7, 11) is 0. The molecule has 0 bridgehead atoms. The van der Waals surface area contributed by atoms with Crippen molar-refractivity contribution >= 4 is 5.78 Å². The van der Waals surface area contributed by atoms with Crippen LogP contribution in [0.2, 0.25) is 0 Å². The summed E-state index contributed by atoms with van der Waals surface area (Å²) < 4.78 is 0. The summed E-state index contributed by atoms with van der Waals surface area (Å²) in [4.78, 5) is 11.2. The maximum Gasteiger partial charge on any atom is 0.132 e. The Bertz CT molecular complexity index is 422. The molecule has 0 saturated heterocycles. The molecule has 0 spiro atoms. The van der Waals surface area contributed by atoms with Crippen molar-refractivity contribution in [1.82, 2.24) is 0 Å². The molecular weight excluding hydrogens is 388 g/mol. The number of hydrogen-bond acceptors (Lipinski definition) is 1. The fourth-order valence-corrected chi connectivity index (χ4v) is 4.55. The fourth-order valence-electron chi connectivity index (χ4n) is 4.55. The van der Waals surface area contributed by atoms with Crippen molar-refractivity contribution in [2.24, 2.45) is 5.92 Å². The van der Waals surface area contributed by atoms with Crippen molar-refractivity contribution in [3.05, 3.63) is 11.6 Å².